The first-order valence-electron chi connectivity index (χ1n) is 20.7. The average Bonchev–Trinajstić information content (AvgIpc) is 3.66. The summed E-state index contributed by atoms with van der Waals surface area (Å²) in [4.78, 5) is 2.38. The van der Waals surface area contributed by atoms with Gasteiger partial charge in [0.1, 0.15) is 0 Å². The summed E-state index contributed by atoms with van der Waals surface area (Å²) in [5.74, 6) is 0. The third-order valence-electron chi connectivity index (χ3n) is 12.4. The maximum atomic E-state index is 2.38. The van der Waals surface area contributed by atoms with Crippen LogP contribution in [0.3, 0.4) is 0 Å². The van der Waals surface area contributed by atoms with Gasteiger partial charge in [0.2, 0.25) is 0 Å². The second-order valence-electron chi connectivity index (χ2n) is 15.7. The van der Waals surface area contributed by atoms with E-state index in [1.165, 1.54) is 87.1 Å². The van der Waals surface area contributed by atoms with Crippen LogP contribution in [0.1, 0.15) is 0 Å². The number of nitrogens with zero attached hydrogens (tertiary/aromatic N) is 2. The van der Waals surface area contributed by atoms with E-state index in [2.05, 4.69) is 240 Å². The number of hydrogen-bond donors (Lipinski definition) is 0. The number of hydrogen-bond acceptors (Lipinski definition) is 1. The predicted molar refractivity (Wildman–Crippen MR) is 256 cm³/mol. The van der Waals surface area contributed by atoms with Gasteiger partial charge in [-0.15, -0.1) is 0 Å². The van der Waals surface area contributed by atoms with Crippen molar-refractivity contribution in [3.63, 3.8) is 0 Å². The molecule has 2 heteroatoms. The minimum Gasteiger partial charge on any atom is -0.311 e. The third kappa shape index (κ3) is 5.50. The first-order valence-corrected chi connectivity index (χ1v) is 20.7. The van der Waals surface area contributed by atoms with Crippen LogP contribution in [0.25, 0.3) is 92.8 Å². The van der Waals surface area contributed by atoms with E-state index in [1.54, 1.807) is 0 Å². The van der Waals surface area contributed by atoms with Crippen LogP contribution >= 0.6 is 0 Å². The Morgan fingerprint density at radius 2 is 0.600 bits per heavy atom. The second-order valence-corrected chi connectivity index (χ2v) is 15.7. The summed E-state index contributed by atoms with van der Waals surface area (Å²) in [6, 6.07) is 84.2. The summed E-state index contributed by atoms with van der Waals surface area (Å²) in [6.45, 7) is 0. The highest BCUT2D eigenvalue weighted by Crippen LogP contribution is 2.42. The fourth-order valence-electron chi connectivity index (χ4n) is 9.56. The quantitative estimate of drug-likeness (QED) is 0.153. The van der Waals surface area contributed by atoms with Crippen molar-refractivity contribution in [1.29, 1.82) is 0 Å². The van der Waals surface area contributed by atoms with Gasteiger partial charge in [0.05, 0.1) is 11.0 Å². The Balaban J connectivity index is 0.987. The normalized spacial score (nSPS) is 11.7. The molecule has 1 heterocycles. The van der Waals surface area contributed by atoms with Crippen molar-refractivity contribution in [2.24, 2.45) is 0 Å². The summed E-state index contributed by atoms with van der Waals surface area (Å²) in [5.41, 5.74) is 11.7. The van der Waals surface area contributed by atoms with E-state index < -0.39 is 0 Å². The zero-order chi connectivity index (χ0) is 39.6. The molecule has 0 aliphatic carbocycles. The maximum Gasteiger partial charge on any atom is 0.0541 e. The highest BCUT2D eigenvalue weighted by atomic mass is 15.1. The van der Waals surface area contributed by atoms with Gasteiger partial charge in [-0.25, -0.2) is 0 Å². The molecule has 12 aromatic rings. The molecular weight excluding hydrogens is 725 g/mol. The van der Waals surface area contributed by atoms with E-state index in [0.29, 0.717) is 0 Å². The fourth-order valence-corrected chi connectivity index (χ4v) is 9.56. The molecule has 0 amide bonds. The highest BCUT2D eigenvalue weighted by Gasteiger charge is 2.17. The van der Waals surface area contributed by atoms with Crippen LogP contribution in [0, 0.1) is 0 Å². The molecule has 0 unspecified atom stereocenters. The van der Waals surface area contributed by atoms with Crippen molar-refractivity contribution < 1.29 is 0 Å². The van der Waals surface area contributed by atoms with Crippen molar-refractivity contribution in [2.45, 2.75) is 0 Å². The number of para-hydroxylation sites is 2. The summed E-state index contributed by atoms with van der Waals surface area (Å²) < 4.78 is 2.38. The maximum absolute atomic E-state index is 2.38. The molecule has 1 aromatic heterocycles. The molecule has 0 spiro atoms. The van der Waals surface area contributed by atoms with Gasteiger partial charge in [0.15, 0.2) is 0 Å². The van der Waals surface area contributed by atoms with Crippen LogP contribution in [-0.4, -0.2) is 4.57 Å². The number of rotatable bonds is 6. The van der Waals surface area contributed by atoms with E-state index >= 15 is 0 Å². The number of benzene rings is 11. The molecule has 0 fully saturated rings. The summed E-state index contributed by atoms with van der Waals surface area (Å²) in [5, 5.41) is 12.7. The van der Waals surface area contributed by atoms with Gasteiger partial charge in [-0.1, -0.05) is 158 Å². The number of anilines is 3. The molecule has 60 heavy (non-hydrogen) atoms. The monoisotopic (exact) mass is 762 g/mol. The second kappa shape index (κ2) is 13.9. The first kappa shape index (κ1) is 34.1. The lowest BCUT2D eigenvalue weighted by molar-refractivity contribution is 1.17. The lowest BCUT2D eigenvalue weighted by Crippen LogP contribution is -2.10. The number of fused-ring (bicyclic) bond motifs is 9. The van der Waals surface area contributed by atoms with E-state index in [1.807, 2.05) is 0 Å². The van der Waals surface area contributed by atoms with Crippen molar-refractivity contribution in [3.05, 3.63) is 231 Å². The van der Waals surface area contributed by atoms with Gasteiger partial charge in [0, 0.05) is 33.5 Å². The Labute approximate surface area is 348 Å². The Morgan fingerprint density at radius 3 is 1.03 bits per heavy atom. The van der Waals surface area contributed by atoms with Crippen LogP contribution in [0.2, 0.25) is 0 Å². The summed E-state index contributed by atoms with van der Waals surface area (Å²) >= 11 is 0. The highest BCUT2D eigenvalue weighted by molar-refractivity contribution is 6.15. The Kier molecular flexibility index (Phi) is 7.89. The molecule has 0 saturated carbocycles. The van der Waals surface area contributed by atoms with Crippen molar-refractivity contribution in [2.75, 3.05) is 4.90 Å². The molecule has 12 rings (SSSR count). The summed E-state index contributed by atoms with van der Waals surface area (Å²) in [7, 11) is 0. The lowest BCUT2D eigenvalue weighted by atomic mass is 9.93. The van der Waals surface area contributed by atoms with Crippen molar-refractivity contribution >= 4 is 82.0 Å². The predicted octanol–water partition coefficient (Wildman–Crippen LogP) is 16.2. The van der Waals surface area contributed by atoms with E-state index in [9.17, 15) is 0 Å². The minimum atomic E-state index is 1.09. The molecule has 11 aromatic carbocycles. The van der Waals surface area contributed by atoms with Crippen LogP contribution in [0.4, 0.5) is 17.1 Å². The van der Waals surface area contributed by atoms with Crippen LogP contribution < -0.4 is 4.90 Å². The van der Waals surface area contributed by atoms with Crippen LogP contribution in [-0.2, 0) is 0 Å². The standard InChI is InChI=1S/C58H38N2/c1-3-15-47-41(13-1)37-55(51-19-7-5-17-49(47)51)39-25-29-43(30-26-39)59(45-33-35-46(36-34-45)60-57-23-11-9-21-53(57)54-22-10-12-24-58(54)60)44-31-27-40(28-32-44)56-38-42-14-2-4-16-48(42)50-18-6-8-20-52(50)56/h1-38H. The molecule has 0 aliphatic heterocycles. The van der Waals surface area contributed by atoms with E-state index in [-0.39, 0.29) is 0 Å². The molecule has 0 aliphatic rings. The van der Waals surface area contributed by atoms with Gasteiger partial charge < -0.3 is 9.47 Å². The smallest absolute Gasteiger partial charge is 0.0541 e. The molecule has 0 N–H and O–H groups in total. The van der Waals surface area contributed by atoms with Crippen molar-refractivity contribution in [3.8, 4) is 27.9 Å². The Morgan fingerprint density at radius 1 is 0.267 bits per heavy atom. The zero-order valence-corrected chi connectivity index (χ0v) is 32.8. The van der Waals surface area contributed by atoms with Crippen LogP contribution in [0.5, 0.6) is 0 Å². The average molecular weight is 763 g/mol. The lowest BCUT2D eigenvalue weighted by Gasteiger charge is -2.26. The Hall–Kier alpha value is -7.94. The van der Waals surface area contributed by atoms with Gasteiger partial charge in [-0.3, -0.25) is 0 Å². The van der Waals surface area contributed by atoms with Crippen LogP contribution in [0.15, 0.2) is 231 Å². The minimum absolute atomic E-state index is 1.09. The van der Waals surface area contributed by atoms with Gasteiger partial charge in [0.25, 0.3) is 0 Å². The van der Waals surface area contributed by atoms with E-state index in [0.717, 1.165) is 22.7 Å². The van der Waals surface area contributed by atoms with Gasteiger partial charge in [-0.2, -0.15) is 0 Å². The van der Waals surface area contributed by atoms with Gasteiger partial charge >= 0.3 is 0 Å². The third-order valence-corrected chi connectivity index (χ3v) is 12.4. The zero-order valence-electron chi connectivity index (χ0n) is 32.8. The summed E-state index contributed by atoms with van der Waals surface area (Å²) in [6.07, 6.45) is 0. The molecular formula is C58H38N2. The van der Waals surface area contributed by atoms with E-state index in [4.69, 9.17) is 0 Å². The molecule has 280 valence electrons. The number of aromatic nitrogens is 1. The Bertz CT molecular complexity index is 3360. The molecule has 0 saturated heterocycles. The largest absolute Gasteiger partial charge is 0.311 e. The van der Waals surface area contributed by atoms with Crippen molar-refractivity contribution in [1.82, 2.24) is 4.57 Å². The first-order chi connectivity index (χ1) is 29.8. The molecule has 2 nitrogen and oxygen atoms in total. The SMILES string of the molecule is c1ccc2c(c1)cc(-c1ccc(N(c3ccc(-c4cc5ccccc5c5ccccc45)cc3)c3ccc(-n4c5ccccc5c5ccccc54)cc3)cc1)c1ccccc12. The van der Waals surface area contributed by atoms with Gasteiger partial charge in [-0.05, 0) is 138 Å². The molecule has 0 bridgehead atoms. The topological polar surface area (TPSA) is 8.17 Å². The molecule has 0 atom stereocenters. The molecule has 0 radical (unpaired) electrons. The fraction of sp³-hybridized carbons (Fsp3) is 0.